The fraction of sp³-hybridized carbons (Fsp3) is 0.350. The fourth-order valence-electron chi connectivity index (χ4n) is 3.16. The van der Waals surface area contributed by atoms with Crippen molar-refractivity contribution in [2.45, 2.75) is 17.7 Å². The predicted molar refractivity (Wildman–Crippen MR) is 109 cm³/mol. The summed E-state index contributed by atoms with van der Waals surface area (Å²) in [4.78, 5) is 31.6. The largest absolute Gasteiger partial charge is 0.371 e. The van der Waals surface area contributed by atoms with E-state index in [1.165, 1.54) is 5.69 Å². The Labute approximate surface area is 163 Å². The number of nitrogens with zero attached hydrogens (tertiary/aromatic N) is 2. The Bertz CT molecular complexity index is 777. The van der Waals surface area contributed by atoms with Crippen molar-refractivity contribution < 1.29 is 9.59 Å². The number of aromatic nitrogens is 1. The van der Waals surface area contributed by atoms with Gasteiger partial charge in [0.05, 0.1) is 0 Å². The minimum Gasteiger partial charge on any atom is -0.371 e. The van der Waals surface area contributed by atoms with Gasteiger partial charge in [-0.05, 0) is 55.3 Å². The maximum Gasteiger partial charge on any atom is 0.313 e. The molecule has 0 bridgehead atoms. The van der Waals surface area contributed by atoms with Crippen molar-refractivity contribution in [2.24, 2.45) is 5.92 Å². The third-order valence-electron chi connectivity index (χ3n) is 4.73. The number of amides is 2. The number of piperidine rings is 1. The molecule has 0 saturated carbocycles. The molecule has 1 saturated heterocycles. The molecule has 2 aromatic rings. The Hall–Kier alpha value is -2.54. The summed E-state index contributed by atoms with van der Waals surface area (Å²) in [5.41, 5.74) is 1.81. The highest BCUT2D eigenvalue weighted by Crippen LogP contribution is 2.22. The smallest absolute Gasteiger partial charge is 0.313 e. The molecule has 3 rings (SSSR count). The molecule has 2 N–H and O–H groups in total. The Morgan fingerprint density at radius 2 is 1.89 bits per heavy atom. The molecule has 27 heavy (non-hydrogen) atoms. The molecule has 0 unspecified atom stereocenters. The highest BCUT2D eigenvalue weighted by atomic mass is 32.2. The number of nitrogens with one attached hydrogen (secondary N) is 2. The van der Waals surface area contributed by atoms with Crippen LogP contribution in [0.3, 0.4) is 0 Å². The van der Waals surface area contributed by atoms with Gasteiger partial charge in [0.15, 0.2) is 0 Å². The summed E-state index contributed by atoms with van der Waals surface area (Å²) in [5.74, 6) is -0.816. The molecular formula is C20H24N4O2S. The summed E-state index contributed by atoms with van der Waals surface area (Å²) in [6, 6.07) is 11.5. The summed E-state index contributed by atoms with van der Waals surface area (Å²) >= 11 is 1.59. The van der Waals surface area contributed by atoms with E-state index in [9.17, 15) is 9.59 Å². The van der Waals surface area contributed by atoms with Gasteiger partial charge in [0.2, 0.25) is 0 Å². The van der Waals surface area contributed by atoms with Crippen molar-refractivity contribution in [2.75, 3.05) is 36.1 Å². The van der Waals surface area contributed by atoms with Crippen molar-refractivity contribution in [1.82, 2.24) is 10.3 Å². The zero-order valence-electron chi connectivity index (χ0n) is 15.4. The Morgan fingerprint density at radius 3 is 2.59 bits per heavy atom. The van der Waals surface area contributed by atoms with Crippen LogP contribution in [0.1, 0.15) is 12.8 Å². The lowest BCUT2D eigenvalue weighted by atomic mass is 9.96. The van der Waals surface area contributed by atoms with E-state index < -0.39 is 11.8 Å². The van der Waals surface area contributed by atoms with Crippen LogP contribution in [0.5, 0.6) is 0 Å². The third-order valence-corrected chi connectivity index (χ3v) is 5.45. The fourth-order valence-corrected chi connectivity index (χ4v) is 3.62. The van der Waals surface area contributed by atoms with E-state index in [0.29, 0.717) is 18.2 Å². The number of pyridine rings is 1. The van der Waals surface area contributed by atoms with Gasteiger partial charge in [-0.15, -0.1) is 11.8 Å². The zero-order chi connectivity index (χ0) is 19.1. The van der Waals surface area contributed by atoms with Gasteiger partial charge in [0.25, 0.3) is 0 Å². The monoisotopic (exact) mass is 384 g/mol. The normalized spacial score (nSPS) is 14.6. The van der Waals surface area contributed by atoms with Gasteiger partial charge in [0, 0.05) is 48.3 Å². The lowest BCUT2D eigenvalue weighted by Gasteiger charge is -2.33. The van der Waals surface area contributed by atoms with Crippen LogP contribution in [-0.2, 0) is 9.59 Å². The van der Waals surface area contributed by atoms with Crippen LogP contribution in [-0.4, -0.2) is 42.7 Å². The zero-order valence-corrected chi connectivity index (χ0v) is 16.2. The van der Waals surface area contributed by atoms with E-state index >= 15 is 0 Å². The molecule has 1 aromatic heterocycles. The molecule has 1 aromatic carbocycles. The predicted octanol–water partition coefficient (Wildman–Crippen LogP) is 2.77. The van der Waals surface area contributed by atoms with E-state index in [1.807, 2.05) is 36.6 Å². The maximum atomic E-state index is 12.1. The van der Waals surface area contributed by atoms with Crippen LogP contribution < -0.4 is 15.5 Å². The molecule has 0 radical (unpaired) electrons. The molecule has 0 spiro atoms. The Kier molecular flexibility index (Phi) is 6.70. The van der Waals surface area contributed by atoms with E-state index in [-0.39, 0.29) is 0 Å². The molecule has 1 aliphatic heterocycles. The van der Waals surface area contributed by atoms with Crippen LogP contribution in [0.15, 0.2) is 53.7 Å². The van der Waals surface area contributed by atoms with Gasteiger partial charge in [-0.3, -0.25) is 14.6 Å². The van der Waals surface area contributed by atoms with E-state index in [2.05, 4.69) is 20.5 Å². The average Bonchev–Trinajstić information content (AvgIpc) is 2.73. The number of benzene rings is 1. The van der Waals surface area contributed by atoms with Crippen molar-refractivity contribution in [3.8, 4) is 0 Å². The van der Waals surface area contributed by atoms with Crippen molar-refractivity contribution in [3.05, 3.63) is 48.8 Å². The van der Waals surface area contributed by atoms with Crippen molar-refractivity contribution >= 4 is 35.0 Å². The third kappa shape index (κ3) is 5.47. The molecule has 142 valence electrons. The molecule has 1 aliphatic rings. The van der Waals surface area contributed by atoms with Crippen LogP contribution >= 0.6 is 11.8 Å². The molecule has 0 atom stereocenters. The molecule has 2 heterocycles. The molecule has 2 amide bonds. The van der Waals surface area contributed by atoms with Gasteiger partial charge < -0.3 is 15.5 Å². The average molecular weight is 385 g/mol. The Balaban J connectivity index is 1.42. The summed E-state index contributed by atoms with van der Waals surface area (Å²) in [6.45, 7) is 2.41. The van der Waals surface area contributed by atoms with Gasteiger partial charge in [0.1, 0.15) is 0 Å². The molecule has 0 aliphatic carbocycles. The topological polar surface area (TPSA) is 74.3 Å². The van der Waals surface area contributed by atoms with Crippen LogP contribution in [0.25, 0.3) is 0 Å². The molecule has 6 nitrogen and oxygen atoms in total. The van der Waals surface area contributed by atoms with E-state index in [0.717, 1.165) is 30.8 Å². The van der Waals surface area contributed by atoms with Gasteiger partial charge >= 0.3 is 11.8 Å². The van der Waals surface area contributed by atoms with Gasteiger partial charge in [-0.1, -0.05) is 6.07 Å². The molecular weight excluding hydrogens is 360 g/mol. The number of carbonyl (C=O) groups is 2. The lowest BCUT2D eigenvalue weighted by molar-refractivity contribution is -0.136. The Morgan fingerprint density at radius 1 is 1.15 bits per heavy atom. The summed E-state index contributed by atoms with van der Waals surface area (Å²) < 4.78 is 0. The van der Waals surface area contributed by atoms with E-state index in [1.54, 1.807) is 30.2 Å². The first-order chi connectivity index (χ1) is 13.2. The molecule has 1 fully saturated rings. The van der Waals surface area contributed by atoms with Crippen LogP contribution in [0, 0.1) is 5.92 Å². The number of hydrogen-bond acceptors (Lipinski definition) is 5. The quantitative estimate of drug-likeness (QED) is 0.613. The SMILES string of the molecule is CSc1cccc(NC(=O)C(=O)NCC2CCN(c3ccncc3)CC2)c1. The number of hydrogen-bond donors (Lipinski definition) is 2. The second-order valence-electron chi connectivity index (χ2n) is 6.53. The summed E-state index contributed by atoms with van der Waals surface area (Å²) in [5, 5.41) is 5.43. The number of carbonyl (C=O) groups excluding carboxylic acids is 2. The second-order valence-corrected chi connectivity index (χ2v) is 7.41. The number of anilines is 2. The van der Waals surface area contributed by atoms with Crippen LogP contribution in [0.4, 0.5) is 11.4 Å². The highest BCUT2D eigenvalue weighted by Gasteiger charge is 2.21. The number of thioether (sulfide) groups is 1. The van der Waals surface area contributed by atoms with Crippen LogP contribution in [0.2, 0.25) is 0 Å². The molecule has 7 heteroatoms. The number of rotatable bonds is 5. The second kappa shape index (κ2) is 9.41. The minimum absolute atomic E-state index is 0.389. The summed E-state index contributed by atoms with van der Waals surface area (Å²) in [7, 11) is 0. The van der Waals surface area contributed by atoms with Crippen molar-refractivity contribution in [1.29, 1.82) is 0 Å². The van der Waals surface area contributed by atoms with Crippen molar-refractivity contribution in [3.63, 3.8) is 0 Å². The first-order valence-corrected chi connectivity index (χ1v) is 10.3. The first-order valence-electron chi connectivity index (χ1n) is 9.04. The standard InChI is InChI=1S/C20H24N4O2S/c1-27-18-4-2-3-16(13-18)23-20(26)19(25)22-14-15-7-11-24(12-8-15)17-5-9-21-10-6-17/h2-6,9-10,13,15H,7-8,11-12,14H2,1H3,(H,22,25)(H,23,26). The lowest BCUT2D eigenvalue weighted by Crippen LogP contribution is -2.41. The highest BCUT2D eigenvalue weighted by molar-refractivity contribution is 7.98. The van der Waals surface area contributed by atoms with Gasteiger partial charge in [-0.25, -0.2) is 0 Å². The van der Waals surface area contributed by atoms with Gasteiger partial charge in [-0.2, -0.15) is 0 Å². The minimum atomic E-state index is -0.623. The summed E-state index contributed by atoms with van der Waals surface area (Å²) in [6.07, 6.45) is 7.54. The first kappa shape index (κ1) is 19.2. The van der Waals surface area contributed by atoms with E-state index in [4.69, 9.17) is 0 Å². The maximum absolute atomic E-state index is 12.1.